The lowest BCUT2D eigenvalue weighted by atomic mass is 10.0. The summed E-state index contributed by atoms with van der Waals surface area (Å²) in [6.45, 7) is 5.73. The summed E-state index contributed by atoms with van der Waals surface area (Å²) in [5.41, 5.74) is 8.50. The fraction of sp³-hybridized carbons (Fsp3) is 0.368. The first-order valence-electron chi connectivity index (χ1n) is 8.59. The zero-order valence-electron chi connectivity index (χ0n) is 14.5. The molecular formula is C19H24N4O2. The van der Waals surface area contributed by atoms with Crippen molar-refractivity contribution < 1.29 is 9.47 Å². The van der Waals surface area contributed by atoms with Gasteiger partial charge in [-0.1, -0.05) is 6.92 Å². The fourth-order valence-corrected chi connectivity index (χ4v) is 2.76. The Hall–Kier alpha value is -2.60. The van der Waals surface area contributed by atoms with Gasteiger partial charge in [0.1, 0.15) is 11.6 Å². The number of nitrogens with zero attached hydrogens (tertiary/aromatic N) is 2. The Bertz CT molecular complexity index is 742. The molecule has 6 nitrogen and oxygen atoms in total. The van der Waals surface area contributed by atoms with Gasteiger partial charge >= 0.3 is 0 Å². The van der Waals surface area contributed by atoms with E-state index in [4.69, 9.17) is 20.6 Å². The van der Waals surface area contributed by atoms with Gasteiger partial charge in [0.05, 0.1) is 25.5 Å². The number of nitrogens with two attached hydrogens (primary N) is 1. The highest BCUT2D eigenvalue weighted by Crippen LogP contribution is 2.24. The Balaban J connectivity index is 1.85. The Kier molecular flexibility index (Phi) is 5.50. The molecule has 0 saturated carbocycles. The Morgan fingerprint density at radius 3 is 2.84 bits per heavy atom. The first-order chi connectivity index (χ1) is 12.2. The molecule has 3 rings (SSSR count). The van der Waals surface area contributed by atoms with Crippen molar-refractivity contribution in [2.45, 2.75) is 13.3 Å². The number of hydrogen-bond donors (Lipinski definition) is 2. The molecule has 1 aromatic heterocycles. The zero-order chi connectivity index (χ0) is 17.6. The van der Waals surface area contributed by atoms with Gasteiger partial charge in [0.15, 0.2) is 0 Å². The minimum atomic E-state index is 0.372. The van der Waals surface area contributed by atoms with Crippen molar-refractivity contribution in [3.05, 3.63) is 47.7 Å². The fourth-order valence-electron chi connectivity index (χ4n) is 2.76. The van der Waals surface area contributed by atoms with Crippen LogP contribution in [0.5, 0.6) is 5.75 Å². The first-order valence-corrected chi connectivity index (χ1v) is 8.59. The lowest BCUT2D eigenvalue weighted by molar-refractivity contribution is 0.122. The number of anilines is 2. The standard InChI is InChI=1S/C19H24N4O2/c1-2-9-25-15-3-4-17(20)16(13-15)19(21)14-5-6-22-18(12-14)23-7-10-24-11-8-23/h3-6,12-13,21H,2,7-11,20H2,1H3. The minimum absolute atomic E-state index is 0.372. The van der Waals surface area contributed by atoms with E-state index >= 15 is 0 Å². The molecule has 6 heteroatoms. The molecule has 3 N–H and O–H groups in total. The first kappa shape index (κ1) is 17.2. The molecule has 2 heterocycles. The molecule has 25 heavy (non-hydrogen) atoms. The highest BCUT2D eigenvalue weighted by molar-refractivity contribution is 6.14. The number of nitrogens with one attached hydrogen (secondary N) is 1. The topological polar surface area (TPSA) is 84.5 Å². The molecule has 1 aromatic carbocycles. The molecule has 0 amide bonds. The molecular weight excluding hydrogens is 316 g/mol. The average molecular weight is 340 g/mol. The molecule has 1 aliphatic rings. The van der Waals surface area contributed by atoms with Crippen molar-refractivity contribution in [3.63, 3.8) is 0 Å². The van der Waals surface area contributed by atoms with Crippen LogP contribution in [-0.4, -0.2) is 43.6 Å². The summed E-state index contributed by atoms with van der Waals surface area (Å²) in [6, 6.07) is 9.24. The van der Waals surface area contributed by atoms with Crippen LogP contribution in [0.25, 0.3) is 0 Å². The summed E-state index contributed by atoms with van der Waals surface area (Å²) < 4.78 is 11.1. The van der Waals surface area contributed by atoms with E-state index in [0.29, 0.717) is 36.8 Å². The number of rotatable bonds is 6. The lowest BCUT2D eigenvalue weighted by Gasteiger charge is -2.28. The van der Waals surface area contributed by atoms with E-state index in [0.717, 1.165) is 36.6 Å². The maximum atomic E-state index is 8.59. The Morgan fingerprint density at radius 1 is 1.28 bits per heavy atom. The summed E-state index contributed by atoms with van der Waals surface area (Å²) >= 11 is 0. The smallest absolute Gasteiger partial charge is 0.129 e. The monoisotopic (exact) mass is 340 g/mol. The Morgan fingerprint density at radius 2 is 2.08 bits per heavy atom. The molecule has 1 fully saturated rings. The quantitative estimate of drug-likeness (QED) is 0.624. The molecule has 0 atom stereocenters. The van der Waals surface area contributed by atoms with Gasteiger partial charge in [-0.15, -0.1) is 0 Å². The third kappa shape index (κ3) is 4.09. The van der Waals surface area contributed by atoms with Gasteiger partial charge in [0, 0.05) is 36.1 Å². The normalized spacial score (nSPS) is 14.4. The van der Waals surface area contributed by atoms with Gasteiger partial charge in [0.2, 0.25) is 0 Å². The van der Waals surface area contributed by atoms with Gasteiger partial charge in [-0.2, -0.15) is 0 Å². The average Bonchev–Trinajstić information content (AvgIpc) is 2.67. The highest BCUT2D eigenvalue weighted by atomic mass is 16.5. The number of aromatic nitrogens is 1. The summed E-state index contributed by atoms with van der Waals surface area (Å²) in [5.74, 6) is 1.60. The second kappa shape index (κ2) is 7.98. The van der Waals surface area contributed by atoms with E-state index in [-0.39, 0.29) is 0 Å². The van der Waals surface area contributed by atoms with Crippen molar-refractivity contribution in [3.8, 4) is 5.75 Å². The maximum absolute atomic E-state index is 8.59. The molecule has 0 spiro atoms. The van der Waals surface area contributed by atoms with Crippen molar-refractivity contribution in [1.29, 1.82) is 5.41 Å². The van der Waals surface area contributed by atoms with Crippen LogP contribution in [0.1, 0.15) is 24.5 Å². The molecule has 0 bridgehead atoms. The third-order valence-corrected chi connectivity index (χ3v) is 4.14. The van der Waals surface area contributed by atoms with Gasteiger partial charge < -0.3 is 20.1 Å². The number of ether oxygens (including phenoxy) is 2. The summed E-state index contributed by atoms with van der Waals surface area (Å²) in [7, 11) is 0. The lowest BCUT2D eigenvalue weighted by Crippen LogP contribution is -2.36. The molecule has 0 radical (unpaired) electrons. The van der Waals surface area contributed by atoms with Gasteiger partial charge in [-0.3, -0.25) is 5.41 Å². The maximum Gasteiger partial charge on any atom is 0.129 e. The number of nitrogen functional groups attached to an aromatic ring is 1. The SMILES string of the molecule is CCCOc1ccc(N)c(C(=N)c2ccnc(N3CCOCC3)c2)c1. The van der Waals surface area contributed by atoms with Gasteiger partial charge in [-0.25, -0.2) is 4.98 Å². The van der Waals surface area contributed by atoms with Gasteiger partial charge in [-0.05, 0) is 36.8 Å². The molecule has 2 aromatic rings. The largest absolute Gasteiger partial charge is 0.494 e. The van der Waals surface area contributed by atoms with Crippen molar-refractivity contribution >= 4 is 17.2 Å². The Labute approximate surface area is 148 Å². The number of benzene rings is 1. The predicted molar refractivity (Wildman–Crippen MR) is 99.8 cm³/mol. The van der Waals surface area contributed by atoms with Crippen molar-refractivity contribution in [2.24, 2.45) is 0 Å². The van der Waals surface area contributed by atoms with Crippen molar-refractivity contribution in [2.75, 3.05) is 43.5 Å². The number of hydrogen-bond acceptors (Lipinski definition) is 6. The highest BCUT2D eigenvalue weighted by Gasteiger charge is 2.15. The van der Waals surface area contributed by atoms with Crippen LogP contribution in [0.15, 0.2) is 36.5 Å². The van der Waals surface area contributed by atoms with Crippen LogP contribution in [0.3, 0.4) is 0 Å². The van der Waals surface area contributed by atoms with E-state index in [1.54, 1.807) is 12.3 Å². The van der Waals surface area contributed by atoms with E-state index in [1.165, 1.54) is 0 Å². The summed E-state index contributed by atoms with van der Waals surface area (Å²) in [5, 5.41) is 8.59. The van der Waals surface area contributed by atoms with Crippen LogP contribution in [0.4, 0.5) is 11.5 Å². The van der Waals surface area contributed by atoms with E-state index in [2.05, 4.69) is 16.8 Å². The third-order valence-electron chi connectivity index (χ3n) is 4.14. The number of pyridine rings is 1. The minimum Gasteiger partial charge on any atom is -0.494 e. The van der Waals surface area contributed by atoms with Crippen LogP contribution in [-0.2, 0) is 4.74 Å². The molecule has 132 valence electrons. The predicted octanol–water partition coefficient (Wildman–Crippen LogP) is 2.71. The zero-order valence-corrected chi connectivity index (χ0v) is 14.5. The summed E-state index contributed by atoms with van der Waals surface area (Å²) in [6.07, 6.45) is 2.67. The van der Waals surface area contributed by atoms with E-state index < -0.39 is 0 Å². The van der Waals surface area contributed by atoms with Crippen LogP contribution < -0.4 is 15.4 Å². The second-order valence-electron chi connectivity index (χ2n) is 5.97. The number of morpholine rings is 1. The van der Waals surface area contributed by atoms with Crippen LogP contribution in [0.2, 0.25) is 0 Å². The summed E-state index contributed by atoms with van der Waals surface area (Å²) in [4.78, 5) is 6.61. The molecule has 1 aliphatic heterocycles. The molecule has 0 unspecified atom stereocenters. The molecule has 1 saturated heterocycles. The van der Waals surface area contributed by atoms with E-state index in [9.17, 15) is 0 Å². The van der Waals surface area contributed by atoms with Crippen molar-refractivity contribution in [1.82, 2.24) is 4.98 Å². The second-order valence-corrected chi connectivity index (χ2v) is 5.97. The van der Waals surface area contributed by atoms with Crippen LogP contribution >= 0.6 is 0 Å². The van der Waals surface area contributed by atoms with Gasteiger partial charge in [0.25, 0.3) is 0 Å². The molecule has 0 aliphatic carbocycles. The van der Waals surface area contributed by atoms with Crippen LogP contribution in [0, 0.1) is 5.41 Å². The van der Waals surface area contributed by atoms with E-state index in [1.807, 2.05) is 24.3 Å².